The van der Waals surface area contributed by atoms with E-state index >= 15 is 0 Å². The van der Waals surface area contributed by atoms with Crippen LogP contribution in [-0.4, -0.2) is 4.57 Å². The van der Waals surface area contributed by atoms with Crippen molar-refractivity contribution in [3.05, 3.63) is 167 Å². The van der Waals surface area contributed by atoms with Crippen LogP contribution in [0, 0.1) is 0 Å². The van der Waals surface area contributed by atoms with E-state index in [9.17, 15) is 0 Å². The average Bonchev–Trinajstić information content (AvgIpc) is 3.46. The number of nitrogens with zero attached hydrogens (tertiary/aromatic N) is 1. The summed E-state index contributed by atoms with van der Waals surface area (Å²) in [6, 6.07) is 32.7. The zero-order valence-corrected chi connectivity index (χ0v) is 25.6. The maximum Gasteiger partial charge on any atom is 0.0560 e. The van der Waals surface area contributed by atoms with Gasteiger partial charge in [-0.3, -0.25) is 0 Å². The Morgan fingerprint density at radius 2 is 1.47 bits per heavy atom. The second kappa shape index (κ2) is 10.9. The molecule has 5 aromatic rings. The Balaban J connectivity index is 1.17. The molecular formula is C44H37N. The van der Waals surface area contributed by atoms with Crippen molar-refractivity contribution in [3.8, 4) is 11.1 Å². The second-order valence-electron chi connectivity index (χ2n) is 13.0. The Morgan fingerprint density at radius 1 is 0.644 bits per heavy atom. The van der Waals surface area contributed by atoms with Gasteiger partial charge in [-0.1, -0.05) is 115 Å². The monoisotopic (exact) mass is 579 g/mol. The molecule has 45 heavy (non-hydrogen) atoms. The van der Waals surface area contributed by atoms with Crippen molar-refractivity contribution >= 4 is 33.0 Å². The van der Waals surface area contributed by atoms with Crippen LogP contribution in [0.2, 0.25) is 0 Å². The summed E-state index contributed by atoms with van der Waals surface area (Å²) in [5.41, 5.74) is 15.4. The van der Waals surface area contributed by atoms with E-state index in [1.54, 1.807) is 5.56 Å². The van der Waals surface area contributed by atoms with Gasteiger partial charge in [-0.05, 0) is 113 Å². The van der Waals surface area contributed by atoms with Crippen molar-refractivity contribution in [1.29, 1.82) is 0 Å². The molecule has 1 aromatic heterocycles. The van der Waals surface area contributed by atoms with E-state index in [-0.39, 0.29) is 0 Å². The normalized spacial score (nSPS) is 20.5. The van der Waals surface area contributed by atoms with Gasteiger partial charge >= 0.3 is 0 Å². The zero-order chi connectivity index (χ0) is 29.7. The van der Waals surface area contributed by atoms with Gasteiger partial charge in [0.25, 0.3) is 0 Å². The number of hydrogen-bond acceptors (Lipinski definition) is 0. The number of aromatic nitrogens is 1. The van der Waals surface area contributed by atoms with Gasteiger partial charge in [-0.25, -0.2) is 0 Å². The molecule has 0 spiro atoms. The lowest BCUT2D eigenvalue weighted by Gasteiger charge is -2.33. The molecule has 4 aliphatic rings. The number of rotatable bonds is 4. The SMILES string of the molecule is C1=CCC(n2c3ccccc3c3c4c(ccc32)CC(c2cccc(-c3cccc(C5=CCCC=C5)c3)c2)=C2C=CCCC24)C=C1. The number of allylic oxidation sites excluding steroid dienone is 12. The van der Waals surface area contributed by atoms with E-state index < -0.39 is 0 Å². The van der Waals surface area contributed by atoms with Gasteiger partial charge in [0.1, 0.15) is 0 Å². The van der Waals surface area contributed by atoms with Gasteiger partial charge in [0.05, 0.1) is 6.04 Å². The minimum Gasteiger partial charge on any atom is -0.333 e. The molecule has 1 heteroatoms. The lowest BCUT2D eigenvalue weighted by atomic mass is 9.71. The summed E-state index contributed by atoms with van der Waals surface area (Å²) in [7, 11) is 0. The number of fused-ring (bicyclic) bond motifs is 7. The topological polar surface area (TPSA) is 4.93 Å². The summed E-state index contributed by atoms with van der Waals surface area (Å²) in [5.74, 6) is 0.413. The highest BCUT2D eigenvalue weighted by atomic mass is 15.0. The molecule has 0 bridgehead atoms. The van der Waals surface area contributed by atoms with Gasteiger partial charge in [-0.15, -0.1) is 0 Å². The lowest BCUT2D eigenvalue weighted by molar-refractivity contribution is 0.647. The summed E-state index contributed by atoms with van der Waals surface area (Å²) >= 11 is 0. The summed E-state index contributed by atoms with van der Waals surface area (Å²) in [6.07, 6.45) is 27.4. The summed E-state index contributed by atoms with van der Waals surface area (Å²) in [4.78, 5) is 0. The first-order chi connectivity index (χ1) is 22.3. The fourth-order valence-corrected chi connectivity index (χ4v) is 8.34. The Morgan fingerprint density at radius 3 is 2.31 bits per heavy atom. The quantitative estimate of drug-likeness (QED) is 0.200. The minimum atomic E-state index is 0.350. The second-order valence-corrected chi connectivity index (χ2v) is 13.0. The molecule has 0 aliphatic heterocycles. The molecule has 0 amide bonds. The third-order valence-electron chi connectivity index (χ3n) is 10.4. The first kappa shape index (κ1) is 26.5. The smallest absolute Gasteiger partial charge is 0.0560 e. The van der Waals surface area contributed by atoms with Gasteiger partial charge in [0, 0.05) is 27.7 Å². The molecule has 2 unspecified atom stereocenters. The van der Waals surface area contributed by atoms with Crippen molar-refractivity contribution < 1.29 is 0 Å². The minimum absolute atomic E-state index is 0.350. The Labute approximate surface area is 265 Å². The van der Waals surface area contributed by atoms with Gasteiger partial charge in [-0.2, -0.15) is 0 Å². The van der Waals surface area contributed by atoms with E-state index in [1.165, 1.54) is 66.3 Å². The van der Waals surface area contributed by atoms with Crippen molar-refractivity contribution in [3.63, 3.8) is 0 Å². The van der Waals surface area contributed by atoms with Crippen molar-refractivity contribution in [2.24, 2.45) is 0 Å². The highest BCUT2D eigenvalue weighted by Gasteiger charge is 2.32. The standard InChI is InChI=1S/C44H37N/c1-3-13-30(14-4-1)31-15-11-16-32(27-31)33-17-12-18-34(28-33)40-29-35-25-26-42-44(43(35)38-22-8-7-21-37(38)40)39-23-9-10-24-41(39)45(42)36-19-5-2-6-20-36/h2-3,5-7,9-19,21,23-28,36,38H,1,4,8,20,22,29H2. The molecule has 1 heterocycles. The first-order valence-corrected chi connectivity index (χ1v) is 16.7. The Kier molecular flexibility index (Phi) is 6.44. The van der Waals surface area contributed by atoms with E-state index in [0.29, 0.717) is 12.0 Å². The first-order valence-electron chi connectivity index (χ1n) is 16.7. The van der Waals surface area contributed by atoms with E-state index in [0.717, 1.165) is 38.5 Å². The molecular weight excluding hydrogens is 542 g/mol. The van der Waals surface area contributed by atoms with Crippen LogP contribution >= 0.6 is 0 Å². The average molecular weight is 580 g/mol. The maximum absolute atomic E-state index is 2.60. The van der Waals surface area contributed by atoms with Crippen molar-refractivity contribution in [2.75, 3.05) is 0 Å². The van der Waals surface area contributed by atoms with Crippen LogP contribution in [0.5, 0.6) is 0 Å². The predicted octanol–water partition coefficient (Wildman–Crippen LogP) is 11.7. The Bertz CT molecular complexity index is 2170. The van der Waals surface area contributed by atoms with Crippen LogP contribution < -0.4 is 0 Å². The highest BCUT2D eigenvalue weighted by molar-refractivity contribution is 6.11. The van der Waals surface area contributed by atoms with Crippen molar-refractivity contribution in [2.45, 2.75) is 50.5 Å². The summed E-state index contributed by atoms with van der Waals surface area (Å²) in [6.45, 7) is 0. The van der Waals surface area contributed by atoms with E-state index in [1.807, 2.05) is 0 Å². The van der Waals surface area contributed by atoms with Crippen LogP contribution in [-0.2, 0) is 6.42 Å². The lowest BCUT2D eigenvalue weighted by Crippen LogP contribution is -2.16. The third-order valence-corrected chi connectivity index (χ3v) is 10.4. The predicted molar refractivity (Wildman–Crippen MR) is 191 cm³/mol. The maximum atomic E-state index is 2.60. The molecule has 1 nitrogen and oxygen atoms in total. The van der Waals surface area contributed by atoms with Gasteiger partial charge in [0.15, 0.2) is 0 Å². The van der Waals surface area contributed by atoms with Crippen LogP contribution in [0.1, 0.15) is 66.3 Å². The van der Waals surface area contributed by atoms with E-state index in [2.05, 4.69) is 144 Å². The van der Waals surface area contributed by atoms with E-state index in [4.69, 9.17) is 0 Å². The Hall–Kier alpha value is -4.88. The van der Waals surface area contributed by atoms with Crippen LogP contribution in [0.4, 0.5) is 0 Å². The molecule has 0 radical (unpaired) electrons. The largest absolute Gasteiger partial charge is 0.333 e. The third kappa shape index (κ3) is 4.45. The fraction of sp³-hybridized carbons (Fsp3) is 0.182. The number of para-hydroxylation sites is 1. The van der Waals surface area contributed by atoms with Gasteiger partial charge in [0.2, 0.25) is 0 Å². The van der Waals surface area contributed by atoms with Crippen LogP contribution in [0.25, 0.3) is 44.1 Å². The molecule has 0 fully saturated rings. The molecule has 0 saturated carbocycles. The molecule has 218 valence electrons. The highest BCUT2D eigenvalue weighted by Crippen LogP contribution is 2.50. The molecule has 2 atom stereocenters. The zero-order valence-electron chi connectivity index (χ0n) is 25.6. The van der Waals surface area contributed by atoms with Crippen molar-refractivity contribution in [1.82, 2.24) is 4.57 Å². The molecule has 4 aliphatic carbocycles. The summed E-state index contributed by atoms with van der Waals surface area (Å²) < 4.78 is 2.60. The number of hydrogen-bond donors (Lipinski definition) is 0. The van der Waals surface area contributed by atoms with Gasteiger partial charge < -0.3 is 4.57 Å². The van der Waals surface area contributed by atoms with Crippen LogP contribution in [0.3, 0.4) is 0 Å². The van der Waals surface area contributed by atoms with Crippen LogP contribution in [0.15, 0.2) is 145 Å². The number of benzene rings is 4. The molecule has 9 rings (SSSR count). The molecule has 0 saturated heterocycles. The summed E-state index contributed by atoms with van der Waals surface area (Å²) in [5, 5.41) is 2.87. The fourth-order valence-electron chi connectivity index (χ4n) is 8.34. The molecule has 0 N–H and O–H groups in total. The molecule has 4 aromatic carbocycles.